The van der Waals surface area contributed by atoms with E-state index in [1.165, 1.54) is 4.90 Å². The van der Waals surface area contributed by atoms with Crippen molar-refractivity contribution >= 4 is 35.6 Å². The minimum absolute atomic E-state index is 0.0520. The molecule has 15 heteroatoms. The number of carbonyl (C=O) groups excluding carboxylic acids is 4. The number of likely N-dealkylation sites (tertiary alicyclic amines) is 1. The summed E-state index contributed by atoms with van der Waals surface area (Å²) in [6.07, 6.45) is 1.34. The van der Waals surface area contributed by atoms with Crippen molar-refractivity contribution in [2.75, 3.05) is 26.2 Å². The van der Waals surface area contributed by atoms with Crippen LogP contribution in [0, 0.1) is 0 Å². The Morgan fingerprint density at radius 2 is 1.77 bits per heavy atom. The van der Waals surface area contributed by atoms with E-state index in [1.807, 2.05) is 0 Å². The molecule has 0 spiro atoms. The number of nitrogens with one attached hydrogen (secondary N) is 3. The Morgan fingerprint density at radius 3 is 2.40 bits per heavy atom. The largest absolute Gasteiger partial charge is 0.480 e. The quantitative estimate of drug-likeness (QED) is 0.0602. The number of aliphatic hydroxyl groups excluding tert-OH is 1. The number of hydrogen-bond acceptors (Lipinski definition) is 8. The van der Waals surface area contributed by atoms with Crippen LogP contribution in [0.5, 0.6) is 0 Å². The number of aliphatic imine (C=N–C) groups is 1. The predicted molar refractivity (Wildman–Crippen MR) is 144 cm³/mol. The van der Waals surface area contributed by atoms with Gasteiger partial charge >= 0.3 is 5.97 Å². The van der Waals surface area contributed by atoms with Crippen molar-refractivity contribution in [2.24, 2.45) is 22.2 Å². The molecule has 1 aromatic carbocycles. The normalized spacial score (nSPS) is 16.8. The molecule has 15 nitrogen and oxygen atoms in total. The van der Waals surface area contributed by atoms with Crippen molar-refractivity contribution in [1.29, 1.82) is 0 Å². The number of amides is 4. The van der Waals surface area contributed by atoms with Crippen LogP contribution < -0.4 is 33.2 Å². The summed E-state index contributed by atoms with van der Waals surface area (Å²) in [5.41, 5.74) is 16.9. The zero-order valence-corrected chi connectivity index (χ0v) is 22.1. The van der Waals surface area contributed by atoms with Crippen molar-refractivity contribution in [1.82, 2.24) is 20.9 Å². The maximum Gasteiger partial charge on any atom is 0.326 e. The van der Waals surface area contributed by atoms with Gasteiger partial charge in [-0.15, -0.1) is 0 Å². The molecule has 1 aliphatic rings. The van der Waals surface area contributed by atoms with E-state index in [4.69, 9.17) is 22.3 Å². The second-order valence-electron chi connectivity index (χ2n) is 9.35. The lowest BCUT2D eigenvalue weighted by atomic mass is 10.0. The number of carboxylic acid groups (broad SMARTS) is 1. The molecule has 1 aromatic rings. The summed E-state index contributed by atoms with van der Waals surface area (Å²) in [5.74, 6) is -3.92. The molecule has 2 rings (SSSR count). The van der Waals surface area contributed by atoms with Crippen molar-refractivity contribution in [2.45, 2.75) is 56.3 Å². The van der Waals surface area contributed by atoms with Crippen LogP contribution in [-0.4, -0.2) is 101 Å². The lowest BCUT2D eigenvalue weighted by molar-refractivity contribution is -0.142. The first-order chi connectivity index (χ1) is 19.0. The molecular formula is C25H38N8O7. The topological polar surface area (TPSA) is 256 Å². The van der Waals surface area contributed by atoms with Gasteiger partial charge < -0.3 is 48.3 Å². The average molecular weight is 563 g/mol. The summed E-state index contributed by atoms with van der Waals surface area (Å²) in [7, 11) is 0. The zero-order valence-electron chi connectivity index (χ0n) is 22.1. The third kappa shape index (κ3) is 10.1. The van der Waals surface area contributed by atoms with E-state index in [0.29, 0.717) is 31.4 Å². The maximum atomic E-state index is 13.1. The summed E-state index contributed by atoms with van der Waals surface area (Å²) in [4.78, 5) is 67.7. The van der Waals surface area contributed by atoms with Gasteiger partial charge in [-0.2, -0.15) is 0 Å². The number of carbonyl (C=O) groups is 5. The van der Waals surface area contributed by atoms with E-state index in [0.717, 1.165) is 0 Å². The van der Waals surface area contributed by atoms with Gasteiger partial charge in [-0.25, -0.2) is 4.79 Å². The number of aliphatic hydroxyl groups is 1. The minimum Gasteiger partial charge on any atom is -0.480 e. The molecule has 0 radical (unpaired) electrons. The second kappa shape index (κ2) is 16.0. The Morgan fingerprint density at radius 1 is 1.07 bits per heavy atom. The lowest BCUT2D eigenvalue weighted by Crippen LogP contribution is -2.55. The maximum absolute atomic E-state index is 13.1. The Bertz CT molecular complexity index is 1060. The molecule has 0 saturated carbocycles. The van der Waals surface area contributed by atoms with Crippen LogP contribution in [0.2, 0.25) is 0 Å². The molecule has 11 N–H and O–H groups in total. The number of hydrogen-bond donors (Lipinski definition) is 8. The first-order valence-corrected chi connectivity index (χ1v) is 12.9. The molecule has 1 saturated heterocycles. The van der Waals surface area contributed by atoms with Crippen LogP contribution in [0.1, 0.15) is 31.2 Å². The monoisotopic (exact) mass is 562 g/mol. The predicted octanol–water partition coefficient (Wildman–Crippen LogP) is -3.24. The number of carboxylic acids is 1. The molecule has 0 aromatic heterocycles. The van der Waals surface area contributed by atoms with Crippen LogP contribution in [0.3, 0.4) is 0 Å². The van der Waals surface area contributed by atoms with Crippen molar-refractivity contribution in [3.63, 3.8) is 0 Å². The van der Waals surface area contributed by atoms with E-state index in [2.05, 4.69) is 20.9 Å². The summed E-state index contributed by atoms with van der Waals surface area (Å²) in [5, 5.41) is 26.2. The zero-order chi connectivity index (χ0) is 29.7. The fourth-order valence-electron chi connectivity index (χ4n) is 4.22. The highest BCUT2D eigenvalue weighted by atomic mass is 16.4. The van der Waals surface area contributed by atoms with E-state index >= 15 is 0 Å². The highest BCUT2D eigenvalue weighted by Crippen LogP contribution is 2.18. The van der Waals surface area contributed by atoms with E-state index in [9.17, 15) is 29.1 Å². The highest BCUT2D eigenvalue weighted by Gasteiger charge is 2.36. The van der Waals surface area contributed by atoms with Crippen LogP contribution in [-0.2, 0) is 30.4 Å². The van der Waals surface area contributed by atoms with Gasteiger partial charge in [-0.05, 0) is 31.2 Å². The van der Waals surface area contributed by atoms with Gasteiger partial charge in [-0.1, -0.05) is 30.3 Å². The van der Waals surface area contributed by atoms with Gasteiger partial charge in [0.1, 0.15) is 24.2 Å². The van der Waals surface area contributed by atoms with Crippen LogP contribution in [0.15, 0.2) is 35.3 Å². The fourth-order valence-corrected chi connectivity index (χ4v) is 4.22. The van der Waals surface area contributed by atoms with Crippen LogP contribution in [0.25, 0.3) is 0 Å². The van der Waals surface area contributed by atoms with E-state index in [1.54, 1.807) is 30.3 Å². The molecule has 4 unspecified atom stereocenters. The van der Waals surface area contributed by atoms with Gasteiger partial charge in [0.15, 0.2) is 5.96 Å². The number of benzene rings is 1. The first-order valence-electron chi connectivity index (χ1n) is 12.9. The molecule has 0 aliphatic carbocycles. The first kappa shape index (κ1) is 32.0. The molecule has 4 amide bonds. The SMILES string of the molecule is NC(N)=NCCCC(NC(=O)C(Cc1ccccc1)NC(=O)CNC(=O)C1CCCN1C(=O)C(N)CO)C(=O)O. The molecule has 1 fully saturated rings. The van der Waals surface area contributed by atoms with Gasteiger partial charge in [0, 0.05) is 19.5 Å². The summed E-state index contributed by atoms with van der Waals surface area (Å²) < 4.78 is 0. The van der Waals surface area contributed by atoms with Gasteiger partial charge in [0.05, 0.1) is 13.2 Å². The summed E-state index contributed by atoms with van der Waals surface area (Å²) in [6, 6.07) is 4.44. The molecular weight excluding hydrogens is 524 g/mol. The number of guanidine groups is 1. The molecule has 1 aliphatic heterocycles. The fraction of sp³-hybridized carbons (Fsp3) is 0.520. The number of aliphatic carboxylic acids is 1. The molecule has 4 atom stereocenters. The Balaban J connectivity index is 2.03. The third-order valence-electron chi connectivity index (χ3n) is 6.27. The summed E-state index contributed by atoms with van der Waals surface area (Å²) >= 11 is 0. The van der Waals surface area contributed by atoms with Crippen LogP contribution in [0.4, 0.5) is 0 Å². The number of nitrogens with two attached hydrogens (primary N) is 3. The Labute approximate surface area is 231 Å². The average Bonchev–Trinajstić information content (AvgIpc) is 3.42. The van der Waals surface area contributed by atoms with Crippen molar-refractivity contribution in [3.8, 4) is 0 Å². The van der Waals surface area contributed by atoms with Crippen LogP contribution >= 0.6 is 0 Å². The van der Waals surface area contributed by atoms with Gasteiger partial charge in [0.2, 0.25) is 23.6 Å². The molecule has 1 heterocycles. The number of rotatable bonds is 15. The molecule has 0 bridgehead atoms. The lowest BCUT2D eigenvalue weighted by Gasteiger charge is -2.26. The van der Waals surface area contributed by atoms with E-state index in [-0.39, 0.29) is 25.3 Å². The smallest absolute Gasteiger partial charge is 0.326 e. The van der Waals surface area contributed by atoms with Gasteiger partial charge in [-0.3, -0.25) is 24.2 Å². The summed E-state index contributed by atoms with van der Waals surface area (Å²) in [6.45, 7) is -0.562. The number of nitrogens with zero attached hydrogens (tertiary/aromatic N) is 2. The van der Waals surface area contributed by atoms with Gasteiger partial charge in [0.25, 0.3) is 0 Å². The Hall–Kier alpha value is -4.24. The van der Waals surface area contributed by atoms with E-state index < -0.39 is 66.9 Å². The van der Waals surface area contributed by atoms with Crippen molar-refractivity contribution < 1.29 is 34.2 Å². The minimum atomic E-state index is -1.26. The highest BCUT2D eigenvalue weighted by molar-refractivity contribution is 5.94. The van der Waals surface area contributed by atoms with Crippen molar-refractivity contribution in [3.05, 3.63) is 35.9 Å². The molecule has 40 heavy (non-hydrogen) atoms. The molecule has 220 valence electrons. The Kier molecular flexibility index (Phi) is 12.8. The standard InChI is InChI=1S/C25H38N8O7/c26-16(14-34)23(38)33-11-5-9-19(33)22(37)30-13-20(35)31-18(12-15-6-2-1-3-7-15)21(36)32-17(24(39)40)8-4-10-29-25(27)28/h1-3,6-7,16-19,34H,4-5,8-14,26H2,(H,30,37)(H,31,35)(H,32,36)(H,39,40)(H4,27,28,29). The second-order valence-corrected chi connectivity index (χ2v) is 9.35. The third-order valence-corrected chi connectivity index (χ3v) is 6.27.